The first kappa shape index (κ1) is 26.9. The molecule has 39 heavy (non-hydrogen) atoms. The first-order valence-electron chi connectivity index (χ1n) is 12.8. The van der Waals surface area contributed by atoms with Gasteiger partial charge < -0.3 is 37.0 Å². The number of fused-ring (bicyclic) bond motifs is 2. The molecule has 3 aliphatic rings. The van der Waals surface area contributed by atoms with Crippen LogP contribution in [0.1, 0.15) is 25.0 Å². The normalized spacial score (nSPS) is 22.6. The Morgan fingerprint density at radius 3 is 2.74 bits per heavy atom. The lowest BCUT2D eigenvalue weighted by atomic mass is 9.99. The Kier molecular flexibility index (Phi) is 7.23. The summed E-state index contributed by atoms with van der Waals surface area (Å²) >= 11 is 1.52. The Morgan fingerprint density at radius 1 is 1.28 bits per heavy atom. The van der Waals surface area contributed by atoms with E-state index in [1.54, 1.807) is 39.0 Å². The second-order valence-corrected chi connectivity index (χ2v) is 11.4. The van der Waals surface area contributed by atoms with Crippen molar-refractivity contribution in [3.8, 4) is 5.75 Å². The number of anilines is 2. The number of nitrogens with two attached hydrogens (primary N) is 2. The third-order valence-corrected chi connectivity index (χ3v) is 8.26. The number of aromatic hydroxyl groups is 1. The zero-order valence-corrected chi connectivity index (χ0v) is 22.9. The SMILES string of the molecule is CNC(=O)N(C(C)C)N1CC(=O)N2[C@@H](Cc3ccc(O)c(N)c3)C(=O)N(Cc3cccc4c3NC(N)S4)C[C@@H]21. The van der Waals surface area contributed by atoms with E-state index in [0.717, 1.165) is 16.1 Å². The number of hydrogen-bond donors (Lipinski definition) is 5. The fourth-order valence-corrected chi connectivity index (χ4v) is 6.48. The van der Waals surface area contributed by atoms with E-state index in [9.17, 15) is 19.5 Å². The number of carbonyl (C=O) groups excluding carboxylic acids is 3. The van der Waals surface area contributed by atoms with Crippen molar-refractivity contribution in [2.75, 3.05) is 31.2 Å². The Hall–Kier alpha value is -3.68. The highest BCUT2D eigenvalue weighted by molar-refractivity contribution is 8.00. The summed E-state index contributed by atoms with van der Waals surface area (Å²) in [7, 11) is 1.55. The van der Waals surface area contributed by atoms with E-state index in [4.69, 9.17) is 11.5 Å². The first-order chi connectivity index (χ1) is 18.6. The molecule has 2 aromatic carbocycles. The van der Waals surface area contributed by atoms with Crippen molar-refractivity contribution in [1.82, 2.24) is 25.1 Å². The van der Waals surface area contributed by atoms with Crippen molar-refractivity contribution < 1.29 is 19.5 Å². The zero-order valence-electron chi connectivity index (χ0n) is 22.1. The third-order valence-electron chi connectivity index (χ3n) is 7.29. The van der Waals surface area contributed by atoms with E-state index in [1.807, 2.05) is 32.0 Å². The minimum Gasteiger partial charge on any atom is -0.506 e. The molecular weight excluding hydrogens is 520 g/mol. The maximum Gasteiger partial charge on any atom is 0.331 e. The molecule has 0 spiro atoms. The van der Waals surface area contributed by atoms with Gasteiger partial charge in [-0.25, -0.2) is 4.79 Å². The number of phenols is 1. The average molecular weight is 555 g/mol. The van der Waals surface area contributed by atoms with Gasteiger partial charge in [0, 0.05) is 31.0 Å². The number of urea groups is 1. The number of rotatable bonds is 6. The van der Waals surface area contributed by atoms with Gasteiger partial charge in [-0.05, 0) is 43.2 Å². The Morgan fingerprint density at radius 2 is 2.05 bits per heavy atom. The molecule has 12 nitrogen and oxygen atoms in total. The van der Waals surface area contributed by atoms with E-state index in [-0.39, 0.29) is 60.3 Å². The van der Waals surface area contributed by atoms with Crippen LogP contribution in [-0.2, 0) is 22.6 Å². The number of phenolic OH excluding ortho intramolecular Hbond substituents is 1. The summed E-state index contributed by atoms with van der Waals surface area (Å²) in [6.07, 6.45) is -0.334. The van der Waals surface area contributed by atoms with Gasteiger partial charge in [0.1, 0.15) is 23.5 Å². The second kappa shape index (κ2) is 10.5. The van der Waals surface area contributed by atoms with Gasteiger partial charge in [0.2, 0.25) is 11.8 Å². The third kappa shape index (κ3) is 4.92. The van der Waals surface area contributed by atoms with E-state index in [0.29, 0.717) is 12.1 Å². The van der Waals surface area contributed by atoms with Gasteiger partial charge in [0.25, 0.3) is 0 Å². The molecule has 5 rings (SSSR count). The molecule has 0 aliphatic carbocycles. The van der Waals surface area contributed by atoms with Crippen LogP contribution in [0.15, 0.2) is 41.3 Å². The number of para-hydroxylation sites is 1. The number of nitrogens with zero attached hydrogens (tertiary/aromatic N) is 4. The molecule has 0 saturated carbocycles. The van der Waals surface area contributed by atoms with Gasteiger partial charge >= 0.3 is 6.03 Å². The largest absolute Gasteiger partial charge is 0.506 e. The van der Waals surface area contributed by atoms with Crippen LogP contribution in [0.25, 0.3) is 0 Å². The summed E-state index contributed by atoms with van der Waals surface area (Å²) in [4.78, 5) is 44.7. The van der Waals surface area contributed by atoms with Gasteiger partial charge in [-0.3, -0.25) is 14.6 Å². The van der Waals surface area contributed by atoms with Crippen LogP contribution in [0.4, 0.5) is 16.2 Å². The summed E-state index contributed by atoms with van der Waals surface area (Å²) in [6, 6.07) is 9.32. The van der Waals surface area contributed by atoms with Crippen LogP contribution in [-0.4, -0.2) is 86.7 Å². The van der Waals surface area contributed by atoms with Crippen molar-refractivity contribution in [2.45, 2.75) is 55.5 Å². The first-order valence-corrected chi connectivity index (χ1v) is 13.7. The number of hydrogen-bond acceptors (Lipinski definition) is 9. The van der Waals surface area contributed by atoms with Crippen LogP contribution < -0.4 is 22.1 Å². The molecule has 4 amide bonds. The standard InChI is InChI=1S/C26H34N8O4S/c1-14(2)34(26(38)29-3)32-13-22(36)33-18(10-15-7-8-19(35)17(27)9-15)24(37)31(12-21(32)33)11-16-5-4-6-20-23(16)30-25(28)39-20/h4-9,14,18,21,25,30,35H,10-13,27-28H2,1-3H3,(H,29,38)/t18-,21+,25?/m0/s1. The number of thioether (sulfide) groups is 1. The van der Waals surface area contributed by atoms with Crippen molar-refractivity contribution in [3.63, 3.8) is 0 Å². The maximum absolute atomic E-state index is 14.0. The average Bonchev–Trinajstić information content (AvgIpc) is 3.43. The van der Waals surface area contributed by atoms with Crippen LogP contribution in [0.5, 0.6) is 5.75 Å². The minimum atomic E-state index is -0.815. The highest BCUT2D eigenvalue weighted by Crippen LogP contribution is 2.40. The predicted octanol–water partition coefficient (Wildman–Crippen LogP) is 1.12. The molecule has 13 heteroatoms. The summed E-state index contributed by atoms with van der Waals surface area (Å²) in [5, 5.41) is 19.1. The highest BCUT2D eigenvalue weighted by Gasteiger charge is 2.52. The van der Waals surface area contributed by atoms with Gasteiger partial charge in [-0.15, -0.1) is 0 Å². The number of carbonyl (C=O) groups is 3. The van der Waals surface area contributed by atoms with Crippen molar-refractivity contribution in [1.29, 1.82) is 0 Å². The second-order valence-electron chi connectivity index (χ2n) is 10.2. The van der Waals surface area contributed by atoms with Crippen LogP contribution in [0.2, 0.25) is 0 Å². The number of nitrogen functional groups attached to an aromatic ring is 1. The number of nitrogens with one attached hydrogen (secondary N) is 2. The van der Waals surface area contributed by atoms with Crippen LogP contribution >= 0.6 is 11.8 Å². The molecule has 3 atom stereocenters. The fourth-order valence-electron chi connectivity index (χ4n) is 5.56. The minimum absolute atomic E-state index is 0.0284. The monoisotopic (exact) mass is 554 g/mol. The molecule has 0 radical (unpaired) electrons. The zero-order chi connectivity index (χ0) is 28.0. The topological polar surface area (TPSA) is 160 Å². The molecule has 0 aromatic heterocycles. The fraction of sp³-hybridized carbons (Fsp3) is 0.423. The summed E-state index contributed by atoms with van der Waals surface area (Å²) in [5.41, 5.74) is 14.5. The Balaban J connectivity index is 1.52. The predicted molar refractivity (Wildman–Crippen MR) is 148 cm³/mol. The van der Waals surface area contributed by atoms with Gasteiger partial charge in [0.15, 0.2) is 0 Å². The van der Waals surface area contributed by atoms with E-state index in [2.05, 4.69) is 10.6 Å². The van der Waals surface area contributed by atoms with Crippen LogP contribution in [0.3, 0.4) is 0 Å². The number of hydrazine groups is 1. The molecule has 3 aliphatic heterocycles. The van der Waals surface area contributed by atoms with Crippen molar-refractivity contribution in [3.05, 3.63) is 47.5 Å². The molecular formula is C26H34N8O4S. The molecule has 2 aromatic rings. The van der Waals surface area contributed by atoms with E-state index >= 15 is 0 Å². The van der Waals surface area contributed by atoms with Crippen molar-refractivity contribution >= 4 is 41.0 Å². The van der Waals surface area contributed by atoms with E-state index < -0.39 is 12.2 Å². The summed E-state index contributed by atoms with van der Waals surface area (Å²) in [6.45, 7) is 4.27. The highest BCUT2D eigenvalue weighted by atomic mass is 32.2. The molecule has 2 fully saturated rings. The lowest BCUT2D eigenvalue weighted by Gasteiger charge is -2.47. The van der Waals surface area contributed by atoms with Crippen molar-refractivity contribution in [2.24, 2.45) is 5.73 Å². The smallest absolute Gasteiger partial charge is 0.331 e. The van der Waals surface area contributed by atoms with Gasteiger partial charge in [-0.2, -0.15) is 5.01 Å². The number of benzene rings is 2. The van der Waals surface area contributed by atoms with E-state index in [1.165, 1.54) is 17.8 Å². The maximum atomic E-state index is 14.0. The lowest BCUT2D eigenvalue weighted by Crippen LogP contribution is -2.66. The summed E-state index contributed by atoms with van der Waals surface area (Å²) < 4.78 is 0. The lowest BCUT2D eigenvalue weighted by molar-refractivity contribution is -0.158. The Bertz CT molecular complexity index is 1310. The Labute approximate surface area is 231 Å². The summed E-state index contributed by atoms with van der Waals surface area (Å²) in [5.74, 6) is -0.475. The van der Waals surface area contributed by atoms with Gasteiger partial charge in [0.05, 0.1) is 24.5 Å². The molecule has 0 bridgehead atoms. The molecule has 3 heterocycles. The van der Waals surface area contributed by atoms with Gasteiger partial charge in [-0.1, -0.05) is 30.0 Å². The molecule has 208 valence electrons. The number of piperazine rings is 1. The molecule has 7 N–H and O–H groups in total. The quantitative estimate of drug-likeness (QED) is 0.260. The molecule has 1 unspecified atom stereocenters. The molecule has 2 saturated heterocycles. The van der Waals surface area contributed by atoms with Crippen LogP contribution in [0, 0.1) is 0 Å². The number of amides is 4.